The Bertz CT molecular complexity index is 1640. The number of aromatic nitrogens is 6. The van der Waals surface area contributed by atoms with Crippen molar-refractivity contribution in [1.29, 1.82) is 0 Å². The van der Waals surface area contributed by atoms with E-state index in [9.17, 15) is 18.0 Å². The van der Waals surface area contributed by atoms with Crippen LogP contribution in [0.15, 0.2) is 39.7 Å². The number of alkyl halides is 3. The summed E-state index contributed by atoms with van der Waals surface area (Å²) in [4.78, 5) is 25.4. The molecular weight excluding hydrogens is 484 g/mol. The molecule has 0 aliphatic heterocycles. The van der Waals surface area contributed by atoms with Gasteiger partial charge in [0.15, 0.2) is 11.5 Å². The van der Waals surface area contributed by atoms with Crippen LogP contribution in [0, 0.1) is 6.92 Å². The first-order chi connectivity index (χ1) is 15.6. The summed E-state index contributed by atoms with van der Waals surface area (Å²) in [5.41, 5.74) is -1.35. The summed E-state index contributed by atoms with van der Waals surface area (Å²) in [6.07, 6.45) is -3.45. The average Bonchev–Trinajstić information content (AvgIpc) is 3.31. The number of pyridine rings is 1. The zero-order chi connectivity index (χ0) is 23.7. The number of rotatable bonds is 2. The van der Waals surface area contributed by atoms with Crippen molar-refractivity contribution in [2.75, 3.05) is 0 Å². The standard InChI is InChI=1S/C20H11Cl2F3N6O2/c1-8-27-11-6-9-15(14(22)16(11)30(8)2)28-18(33-19(9)32)12-7-13(20(23,24)25)29-31(12)17-10(21)4-3-5-26-17/h3-7H,1-2H3. The fraction of sp³-hybridized carbons (Fsp3) is 0.150. The van der Waals surface area contributed by atoms with Crippen LogP contribution in [0.2, 0.25) is 10.0 Å². The van der Waals surface area contributed by atoms with Crippen LogP contribution in [0.25, 0.3) is 39.3 Å². The maximum atomic E-state index is 13.5. The summed E-state index contributed by atoms with van der Waals surface area (Å²) >= 11 is 12.7. The minimum atomic E-state index is -4.78. The van der Waals surface area contributed by atoms with Gasteiger partial charge in [0.25, 0.3) is 0 Å². The number of benzene rings is 1. The zero-order valence-electron chi connectivity index (χ0n) is 16.8. The summed E-state index contributed by atoms with van der Waals surface area (Å²) in [6, 6.07) is 5.11. The van der Waals surface area contributed by atoms with E-state index < -0.39 is 23.4 Å². The third-order valence-electron chi connectivity index (χ3n) is 5.08. The molecule has 0 saturated heterocycles. The molecule has 0 aliphatic rings. The van der Waals surface area contributed by atoms with Crippen molar-refractivity contribution in [3.8, 4) is 17.4 Å². The Morgan fingerprint density at radius 2 is 1.91 bits per heavy atom. The number of aryl methyl sites for hydroxylation is 2. The van der Waals surface area contributed by atoms with Gasteiger partial charge in [-0.05, 0) is 25.1 Å². The van der Waals surface area contributed by atoms with Gasteiger partial charge in [-0.25, -0.2) is 24.4 Å². The molecule has 1 aromatic carbocycles. The second-order valence-electron chi connectivity index (χ2n) is 7.11. The van der Waals surface area contributed by atoms with Crippen molar-refractivity contribution in [2.24, 2.45) is 7.05 Å². The second-order valence-corrected chi connectivity index (χ2v) is 7.90. The van der Waals surface area contributed by atoms with E-state index in [4.69, 9.17) is 27.6 Å². The van der Waals surface area contributed by atoms with Crippen molar-refractivity contribution in [2.45, 2.75) is 13.1 Å². The van der Waals surface area contributed by atoms with Gasteiger partial charge in [0.2, 0.25) is 5.89 Å². The smallest absolute Gasteiger partial charge is 0.401 e. The van der Waals surface area contributed by atoms with Crippen LogP contribution in [0.3, 0.4) is 0 Å². The number of imidazole rings is 1. The van der Waals surface area contributed by atoms with Gasteiger partial charge in [-0.15, -0.1) is 0 Å². The lowest BCUT2D eigenvalue weighted by atomic mass is 10.2. The first-order valence-corrected chi connectivity index (χ1v) is 10.1. The van der Waals surface area contributed by atoms with Gasteiger partial charge in [0.05, 0.1) is 26.5 Å². The molecule has 8 nitrogen and oxygen atoms in total. The predicted molar refractivity (Wildman–Crippen MR) is 115 cm³/mol. The van der Waals surface area contributed by atoms with Gasteiger partial charge in [0, 0.05) is 19.3 Å². The Labute approximate surface area is 192 Å². The lowest BCUT2D eigenvalue weighted by Crippen LogP contribution is -2.09. The van der Waals surface area contributed by atoms with Gasteiger partial charge >= 0.3 is 11.8 Å². The molecule has 0 bridgehead atoms. The third-order valence-corrected chi connectivity index (χ3v) is 5.73. The van der Waals surface area contributed by atoms with Crippen LogP contribution in [0.5, 0.6) is 0 Å². The van der Waals surface area contributed by atoms with Crippen LogP contribution in [-0.2, 0) is 13.2 Å². The summed E-state index contributed by atoms with van der Waals surface area (Å²) in [6.45, 7) is 1.76. The highest BCUT2D eigenvalue weighted by Gasteiger charge is 2.36. The molecule has 0 spiro atoms. The molecule has 0 fully saturated rings. The summed E-state index contributed by atoms with van der Waals surface area (Å²) in [5, 5.41) is 3.76. The van der Waals surface area contributed by atoms with E-state index in [2.05, 4.69) is 20.1 Å². The molecule has 13 heteroatoms. The summed E-state index contributed by atoms with van der Waals surface area (Å²) in [7, 11) is 1.74. The van der Waals surface area contributed by atoms with E-state index >= 15 is 0 Å². The fourth-order valence-electron chi connectivity index (χ4n) is 3.44. The van der Waals surface area contributed by atoms with E-state index in [-0.39, 0.29) is 32.5 Å². The molecule has 168 valence electrons. The lowest BCUT2D eigenvalue weighted by Gasteiger charge is -2.08. The van der Waals surface area contributed by atoms with Crippen LogP contribution >= 0.6 is 23.2 Å². The van der Waals surface area contributed by atoms with Gasteiger partial charge in [0.1, 0.15) is 17.0 Å². The molecule has 0 N–H and O–H groups in total. The maximum absolute atomic E-state index is 13.5. The maximum Gasteiger partial charge on any atom is 0.435 e. The Balaban J connectivity index is 1.84. The molecule has 0 saturated carbocycles. The Morgan fingerprint density at radius 3 is 2.61 bits per heavy atom. The van der Waals surface area contributed by atoms with Crippen LogP contribution < -0.4 is 5.63 Å². The largest absolute Gasteiger partial charge is 0.435 e. The summed E-state index contributed by atoms with van der Waals surface area (Å²) in [5.74, 6) is 0.111. The minimum Gasteiger partial charge on any atom is -0.401 e. The Hall–Kier alpha value is -3.44. The predicted octanol–water partition coefficient (Wildman–Crippen LogP) is 4.96. The van der Waals surface area contributed by atoms with E-state index in [1.54, 1.807) is 18.5 Å². The van der Waals surface area contributed by atoms with Crippen molar-refractivity contribution in [3.05, 3.63) is 62.4 Å². The molecule has 0 unspecified atom stereocenters. The van der Waals surface area contributed by atoms with Crippen molar-refractivity contribution < 1.29 is 17.6 Å². The fourth-order valence-corrected chi connectivity index (χ4v) is 4.01. The van der Waals surface area contributed by atoms with E-state index in [0.29, 0.717) is 22.9 Å². The van der Waals surface area contributed by atoms with Gasteiger partial charge in [-0.2, -0.15) is 18.3 Å². The molecule has 33 heavy (non-hydrogen) atoms. The Morgan fingerprint density at radius 1 is 1.15 bits per heavy atom. The van der Waals surface area contributed by atoms with E-state index in [1.807, 2.05) is 0 Å². The number of hydrogen-bond donors (Lipinski definition) is 0. The molecule has 4 heterocycles. The monoisotopic (exact) mass is 494 g/mol. The third kappa shape index (κ3) is 3.35. The van der Waals surface area contributed by atoms with Crippen molar-refractivity contribution in [3.63, 3.8) is 0 Å². The van der Waals surface area contributed by atoms with Gasteiger partial charge in [-0.1, -0.05) is 23.2 Å². The zero-order valence-corrected chi connectivity index (χ0v) is 18.3. The highest BCUT2D eigenvalue weighted by atomic mass is 35.5. The average molecular weight is 495 g/mol. The van der Waals surface area contributed by atoms with Gasteiger partial charge < -0.3 is 8.98 Å². The molecule has 5 rings (SSSR count). The molecule has 0 radical (unpaired) electrons. The molecular formula is C20H11Cl2F3N6O2. The lowest BCUT2D eigenvalue weighted by molar-refractivity contribution is -0.141. The number of hydrogen-bond acceptors (Lipinski definition) is 6. The Kier molecular flexibility index (Phi) is 4.73. The number of fused-ring (bicyclic) bond motifs is 2. The van der Waals surface area contributed by atoms with Crippen molar-refractivity contribution in [1.82, 2.24) is 29.3 Å². The molecule has 4 aromatic heterocycles. The van der Waals surface area contributed by atoms with Crippen molar-refractivity contribution >= 4 is 45.1 Å². The quantitative estimate of drug-likeness (QED) is 0.344. The molecule has 0 aliphatic carbocycles. The first-order valence-electron chi connectivity index (χ1n) is 9.31. The normalized spacial score (nSPS) is 12.2. The highest BCUT2D eigenvalue weighted by Crippen LogP contribution is 2.35. The van der Waals surface area contributed by atoms with Crippen LogP contribution in [-0.4, -0.2) is 29.3 Å². The molecule has 0 atom stereocenters. The van der Waals surface area contributed by atoms with E-state index in [0.717, 1.165) is 4.68 Å². The number of halogens is 5. The van der Waals surface area contributed by atoms with Gasteiger partial charge in [-0.3, -0.25) is 0 Å². The number of nitrogens with zero attached hydrogens (tertiary/aromatic N) is 6. The first kappa shape index (κ1) is 21.4. The molecule has 0 amide bonds. The summed E-state index contributed by atoms with van der Waals surface area (Å²) < 4.78 is 48.2. The van der Waals surface area contributed by atoms with Crippen LogP contribution in [0.1, 0.15) is 11.5 Å². The molecule has 5 aromatic rings. The SMILES string of the molecule is Cc1nc2cc3c(=O)oc(-c4cc(C(F)(F)F)nn4-c4ncccc4Cl)nc3c(Cl)c2n1C. The van der Waals surface area contributed by atoms with Crippen LogP contribution in [0.4, 0.5) is 13.2 Å². The topological polar surface area (TPSA) is 91.6 Å². The van der Waals surface area contributed by atoms with E-state index in [1.165, 1.54) is 24.4 Å². The second kappa shape index (κ2) is 7.29. The minimum absolute atomic E-state index is 0.0313. The highest BCUT2D eigenvalue weighted by molar-refractivity contribution is 6.39.